The molecule has 0 heterocycles. The number of phenolic OH excluding ortho intramolecular Hbond substituents is 1. The topological polar surface area (TPSA) is 41.8 Å². The number of hydrogen-bond donors (Lipinski definition) is 1. The van der Waals surface area contributed by atoms with Gasteiger partial charge in [0.2, 0.25) is 0 Å². The van der Waals surface area contributed by atoms with Crippen molar-refractivity contribution in [3.05, 3.63) is 64.7 Å². The van der Waals surface area contributed by atoms with E-state index in [1.807, 2.05) is 38.1 Å². The summed E-state index contributed by atoms with van der Waals surface area (Å²) in [4.78, 5) is 5.37. The minimum absolute atomic E-state index is 0.294. The van der Waals surface area contributed by atoms with Gasteiger partial charge in [0.15, 0.2) is 0 Å². The van der Waals surface area contributed by atoms with E-state index in [1.165, 1.54) is 5.56 Å². The van der Waals surface area contributed by atoms with Gasteiger partial charge in [-0.2, -0.15) is 0 Å². The molecule has 2 rings (SSSR count). The van der Waals surface area contributed by atoms with Gasteiger partial charge in [0, 0.05) is 0 Å². The molecule has 1 N–H and O–H groups in total. The largest absolute Gasteiger partial charge is 0.508 e. The summed E-state index contributed by atoms with van der Waals surface area (Å²) in [5, 5.41) is 13.6. The number of nitrogens with zero attached hydrogens (tertiary/aromatic N) is 1. The third-order valence-electron chi connectivity index (χ3n) is 3.17. The first-order chi connectivity index (χ1) is 9.56. The fourth-order valence-electron chi connectivity index (χ4n) is 1.82. The predicted octanol–water partition coefficient (Wildman–Crippen LogP) is 3.95. The van der Waals surface area contributed by atoms with Crippen LogP contribution >= 0.6 is 0 Å². The Hall–Kier alpha value is -2.29. The van der Waals surface area contributed by atoms with Gasteiger partial charge < -0.3 is 9.94 Å². The number of phenols is 1. The van der Waals surface area contributed by atoms with E-state index >= 15 is 0 Å². The zero-order chi connectivity index (χ0) is 14.5. The van der Waals surface area contributed by atoms with E-state index in [4.69, 9.17) is 4.84 Å². The molecule has 0 aromatic heterocycles. The summed E-state index contributed by atoms with van der Waals surface area (Å²) in [6.07, 6.45) is 0. The van der Waals surface area contributed by atoms with E-state index in [1.54, 1.807) is 6.07 Å². The Labute approximate surface area is 119 Å². The highest BCUT2D eigenvalue weighted by molar-refractivity contribution is 5.98. The number of oxime groups is 1. The summed E-state index contributed by atoms with van der Waals surface area (Å²) < 4.78 is 0. The number of aromatic hydroxyl groups is 1. The molecule has 3 heteroatoms. The fraction of sp³-hybridized carbons (Fsp3) is 0.235. The van der Waals surface area contributed by atoms with Gasteiger partial charge in [-0.1, -0.05) is 35.0 Å². The molecule has 2 aromatic rings. The highest BCUT2D eigenvalue weighted by atomic mass is 16.6. The molecule has 0 aliphatic carbocycles. The molecule has 0 bridgehead atoms. The third-order valence-corrected chi connectivity index (χ3v) is 3.17. The first kappa shape index (κ1) is 14.1. The Kier molecular flexibility index (Phi) is 4.41. The zero-order valence-electron chi connectivity index (χ0n) is 12.1. The van der Waals surface area contributed by atoms with Gasteiger partial charge in [0.05, 0.1) is 5.71 Å². The molecule has 0 aliphatic heterocycles. The van der Waals surface area contributed by atoms with Crippen molar-refractivity contribution in [1.29, 1.82) is 0 Å². The molecule has 0 saturated heterocycles. The minimum Gasteiger partial charge on any atom is -0.508 e. The van der Waals surface area contributed by atoms with Gasteiger partial charge in [0.1, 0.15) is 12.4 Å². The first-order valence-corrected chi connectivity index (χ1v) is 6.58. The summed E-state index contributed by atoms with van der Waals surface area (Å²) in [5.41, 5.74) is 4.89. The van der Waals surface area contributed by atoms with Crippen molar-refractivity contribution in [2.24, 2.45) is 5.16 Å². The van der Waals surface area contributed by atoms with E-state index in [0.29, 0.717) is 12.4 Å². The van der Waals surface area contributed by atoms with Crippen LogP contribution in [0.2, 0.25) is 0 Å². The lowest BCUT2D eigenvalue weighted by Gasteiger charge is -2.05. The molecular formula is C17H19NO2. The molecule has 3 nitrogen and oxygen atoms in total. The molecule has 0 spiro atoms. The summed E-state index contributed by atoms with van der Waals surface area (Å²) in [6, 6.07) is 13.6. The van der Waals surface area contributed by atoms with Crippen LogP contribution < -0.4 is 0 Å². The Morgan fingerprint density at radius 3 is 2.45 bits per heavy atom. The van der Waals surface area contributed by atoms with Crippen LogP contribution in [0.15, 0.2) is 47.6 Å². The molecule has 0 saturated carbocycles. The van der Waals surface area contributed by atoms with Gasteiger partial charge in [-0.15, -0.1) is 0 Å². The van der Waals surface area contributed by atoms with E-state index in [0.717, 1.165) is 22.4 Å². The molecule has 0 radical (unpaired) electrons. The average Bonchev–Trinajstić information content (AvgIpc) is 2.44. The SMILES string of the molecule is C/C(=N\OCc1ccc(C)cc1)c1ccc(O)c(C)c1. The van der Waals surface area contributed by atoms with Crippen LogP contribution in [0.3, 0.4) is 0 Å². The van der Waals surface area contributed by atoms with Gasteiger partial charge in [-0.25, -0.2) is 0 Å². The normalized spacial score (nSPS) is 11.4. The third kappa shape index (κ3) is 3.60. The van der Waals surface area contributed by atoms with Crippen LogP contribution in [-0.4, -0.2) is 10.8 Å². The lowest BCUT2D eigenvalue weighted by Crippen LogP contribution is -1.97. The van der Waals surface area contributed by atoms with Crippen molar-refractivity contribution in [3.8, 4) is 5.75 Å². The Bertz CT molecular complexity index is 615. The molecule has 0 amide bonds. The van der Waals surface area contributed by atoms with Crippen LogP contribution in [0.1, 0.15) is 29.2 Å². The number of hydrogen-bond acceptors (Lipinski definition) is 3. The number of benzene rings is 2. The highest BCUT2D eigenvalue weighted by Gasteiger charge is 2.02. The second kappa shape index (κ2) is 6.24. The maximum Gasteiger partial charge on any atom is 0.142 e. The van der Waals surface area contributed by atoms with Crippen LogP contribution in [0, 0.1) is 13.8 Å². The van der Waals surface area contributed by atoms with Gasteiger partial charge in [0.25, 0.3) is 0 Å². The van der Waals surface area contributed by atoms with Crippen molar-refractivity contribution < 1.29 is 9.94 Å². The number of rotatable bonds is 4. The van der Waals surface area contributed by atoms with Crippen molar-refractivity contribution in [3.63, 3.8) is 0 Å². The van der Waals surface area contributed by atoms with Crippen molar-refractivity contribution in [2.75, 3.05) is 0 Å². The van der Waals surface area contributed by atoms with E-state index in [-0.39, 0.29) is 0 Å². The fourth-order valence-corrected chi connectivity index (χ4v) is 1.82. The molecule has 0 atom stereocenters. The Morgan fingerprint density at radius 1 is 1.10 bits per heavy atom. The zero-order valence-corrected chi connectivity index (χ0v) is 12.1. The smallest absolute Gasteiger partial charge is 0.142 e. The van der Waals surface area contributed by atoms with Crippen molar-refractivity contribution in [1.82, 2.24) is 0 Å². The maximum absolute atomic E-state index is 9.50. The molecule has 20 heavy (non-hydrogen) atoms. The molecule has 0 fully saturated rings. The molecular weight excluding hydrogens is 250 g/mol. The van der Waals surface area contributed by atoms with Crippen molar-refractivity contribution >= 4 is 5.71 Å². The molecule has 104 valence electrons. The second-order valence-electron chi connectivity index (χ2n) is 4.94. The summed E-state index contributed by atoms with van der Waals surface area (Å²) in [6.45, 7) is 6.26. The quantitative estimate of drug-likeness (QED) is 0.674. The van der Waals surface area contributed by atoms with Gasteiger partial charge in [-0.3, -0.25) is 0 Å². The van der Waals surface area contributed by atoms with Crippen LogP contribution in [0.5, 0.6) is 5.75 Å². The van der Waals surface area contributed by atoms with Gasteiger partial charge in [-0.05, 0) is 55.7 Å². The molecule has 2 aromatic carbocycles. The van der Waals surface area contributed by atoms with Crippen molar-refractivity contribution in [2.45, 2.75) is 27.4 Å². The highest BCUT2D eigenvalue weighted by Crippen LogP contribution is 2.17. The summed E-state index contributed by atoms with van der Waals surface area (Å²) in [7, 11) is 0. The molecule has 0 aliphatic rings. The monoisotopic (exact) mass is 269 g/mol. The minimum atomic E-state index is 0.294. The summed E-state index contributed by atoms with van der Waals surface area (Å²) >= 11 is 0. The standard InChI is InChI=1S/C17H19NO2/c1-12-4-6-15(7-5-12)11-20-18-14(3)16-8-9-17(19)13(2)10-16/h4-10,19H,11H2,1-3H3/b18-14+. The first-order valence-electron chi connectivity index (χ1n) is 6.58. The van der Waals surface area contributed by atoms with Crippen LogP contribution in [0.4, 0.5) is 0 Å². The lowest BCUT2D eigenvalue weighted by atomic mass is 10.1. The number of aryl methyl sites for hydroxylation is 2. The van der Waals surface area contributed by atoms with E-state index in [9.17, 15) is 5.11 Å². The van der Waals surface area contributed by atoms with Crippen LogP contribution in [-0.2, 0) is 11.4 Å². The summed E-state index contributed by atoms with van der Waals surface area (Å²) in [5.74, 6) is 0.294. The van der Waals surface area contributed by atoms with Gasteiger partial charge >= 0.3 is 0 Å². The maximum atomic E-state index is 9.50. The predicted molar refractivity (Wildman–Crippen MR) is 81.0 cm³/mol. The second-order valence-corrected chi connectivity index (χ2v) is 4.94. The lowest BCUT2D eigenvalue weighted by molar-refractivity contribution is 0.130. The Morgan fingerprint density at radius 2 is 1.80 bits per heavy atom. The van der Waals surface area contributed by atoms with E-state index in [2.05, 4.69) is 24.2 Å². The van der Waals surface area contributed by atoms with E-state index < -0.39 is 0 Å². The molecule has 0 unspecified atom stereocenters. The average molecular weight is 269 g/mol. The Balaban J connectivity index is 2.00. The van der Waals surface area contributed by atoms with Crippen LogP contribution in [0.25, 0.3) is 0 Å².